The Hall–Kier alpha value is -2.34. The molecule has 0 aliphatic carbocycles. The Morgan fingerprint density at radius 2 is 2.13 bits per heavy atom. The molecule has 1 atom stereocenters. The molecule has 0 amide bonds. The number of nitrogens with one attached hydrogen (secondary N) is 1. The second-order valence-electron chi connectivity index (χ2n) is 6.48. The van der Waals surface area contributed by atoms with Gasteiger partial charge in [-0.15, -0.1) is 0 Å². The number of fused-ring (bicyclic) bond motifs is 1. The van der Waals surface area contributed by atoms with Crippen molar-refractivity contribution < 1.29 is 0 Å². The Morgan fingerprint density at radius 1 is 1.26 bits per heavy atom. The van der Waals surface area contributed by atoms with Crippen molar-refractivity contribution >= 4 is 11.4 Å². The molecule has 0 saturated carbocycles. The third-order valence-electron chi connectivity index (χ3n) is 4.94. The summed E-state index contributed by atoms with van der Waals surface area (Å²) in [5, 5.41) is 6.45. The molecule has 1 aromatic heterocycles. The average molecular weight is 311 g/mol. The van der Waals surface area contributed by atoms with Crippen LogP contribution < -0.4 is 21.1 Å². The quantitative estimate of drug-likeness (QED) is 0.869. The van der Waals surface area contributed by atoms with Gasteiger partial charge in [-0.25, -0.2) is 5.10 Å². The van der Waals surface area contributed by atoms with Gasteiger partial charge >= 0.3 is 0 Å². The molecule has 3 heterocycles. The zero-order valence-electron chi connectivity index (χ0n) is 13.2. The van der Waals surface area contributed by atoms with Crippen molar-refractivity contribution in [3.05, 3.63) is 51.4 Å². The molecule has 4 rings (SSSR count). The predicted octanol–water partition coefficient (Wildman–Crippen LogP) is 1.14. The lowest BCUT2D eigenvalue weighted by atomic mass is 10.1. The van der Waals surface area contributed by atoms with Gasteiger partial charge in [0.15, 0.2) is 0 Å². The van der Waals surface area contributed by atoms with Gasteiger partial charge in [0.2, 0.25) is 0 Å². The van der Waals surface area contributed by atoms with E-state index in [1.165, 1.54) is 16.8 Å². The number of aromatic amines is 1. The highest BCUT2D eigenvalue weighted by atomic mass is 16.1. The molecule has 120 valence electrons. The highest BCUT2D eigenvalue weighted by Gasteiger charge is 2.28. The summed E-state index contributed by atoms with van der Waals surface area (Å²) < 4.78 is 0. The molecule has 2 aliphatic heterocycles. The molecule has 23 heavy (non-hydrogen) atoms. The van der Waals surface area contributed by atoms with Crippen molar-refractivity contribution in [3.63, 3.8) is 0 Å². The van der Waals surface area contributed by atoms with Crippen LogP contribution in [0.3, 0.4) is 0 Å². The summed E-state index contributed by atoms with van der Waals surface area (Å²) in [6.07, 6.45) is 2.79. The van der Waals surface area contributed by atoms with Crippen molar-refractivity contribution in [1.82, 2.24) is 10.2 Å². The minimum atomic E-state index is -0.121. The van der Waals surface area contributed by atoms with Gasteiger partial charge in [-0.05, 0) is 30.5 Å². The Morgan fingerprint density at radius 3 is 2.91 bits per heavy atom. The summed E-state index contributed by atoms with van der Waals surface area (Å²) in [5.41, 5.74) is 11.5. The van der Waals surface area contributed by atoms with Crippen LogP contribution in [-0.2, 0) is 13.1 Å². The summed E-state index contributed by atoms with van der Waals surface area (Å²) >= 11 is 0. The Balaban J connectivity index is 1.67. The van der Waals surface area contributed by atoms with Crippen molar-refractivity contribution in [2.75, 3.05) is 22.9 Å². The molecule has 6 nitrogen and oxygen atoms in total. The van der Waals surface area contributed by atoms with Gasteiger partial charge in [-0.2, -0.15) is 5.10 Å². The van der Waals surface area contributed by atoms with Gasteiger partial charge in [0.1, 0.15) is 0 Å². The lowest BCUT2D eigenvalue weighted by molar-refractivity contribution is 0.752. The van der Waals surface area contributed by atoms with E-state index in [4.69, 9.17) is 5.73 Å². The van der Waals surface area contributed by atoms with Crippen molar-refractivity contribution in [1.29, 1.82) is 0 Å². The fourth-order valence-corrected chi connectivity index (χ4v) is 3.64. The number of nitrogens with two attached hydrogens (primary N) is 1. The van der Waals surface area contributed by atoms with E-state index >= 15 is 0 Å². The zero-order valence-corrected chi connectivity index (χ0v) is 13.2. The molecule has 0 bridgehead atoms. The van der Waals surface area contributed by atoms with Crippen LogP contribution in [0, 0.1) is 6.92 Å². The van der Waals surface area contributed by atoms with Crippen LogP contribution in [0.2, 0.25) is 0 Å². The van der Waals surface area contributed by atoms with E-state index in [1.807, 2.05) is 6.92 Å². The van der Waals surface area contributed by atoms with E-state index < -0.39 is 0 Å². The van der Waals surface area contributed by atoms with Crippen LogP contribution in [0.1, 0.15) is 23.1 Å². The SMILES string of the molecule is Cc1c(N2Cc3cccc(N4CCC(N)C4)c3C2)cn[nH]c1=O. The fourth-order valence-electron chi connectivity index (χ4n) is 3.64. The first-order valence-electron chi connectivity index (χ1n) is 8.04. The smallest absolute Gasteiger partial charge is 0.269 e. The van der Waals surface area contributed by atoms with Crippen LogP contribution in [0.15, 0.2) is 29.2 Å². The van der Waals surface area contributed by atoms with Gasteiger partial charge in [-0.3, -0.25) is 4.79 Å². The van der Waals surface area contributed by atoms with E-state index in [2.05, 4.69) is 38.2 Å². The summed E-state index contributed by atoms with van der Waals surface area (Å²) in [4.78, 5) is 16.4. The summed E-state index contributed by atoms with van der Waals surface area (Å²) in [6, 6.07) is 6.74. The van der Waals surface area contributed by atoms with Crippen LogP contribution in [0.25, 0.3) is 0 Å². The maximum absolute atomic E-state index is 11.8. The van der Waals surface area contributed by atoms with Crippen molar-refractivity contribution in [3.8, 4) is 0 Å². The third-order valence-corrected chi connectivity index (χ3v) is 4.94. The molecular weight excluding hydrogens is 290 g/mol. The van der Waals surface area contributed by atoms with Crippen LogP contribution in [-0.4, -0.2) is 29.3 Å². The van der Waals surface area contributed by atoms with E-state index in [9.17, 15) is 4.79 Å². The summed E-state index contributed by atoms with van der Waals surface area (Å²) in [7, 11) is 0. The Bertz CT molecular complexity index is 800. The van der Waals surface area contributed by atoms with Gasteiger partial charge in [0, 0.05) is 43.5 Å². The maximum atomic E-state index is 11.8. The molecule has 1 fully saturated rings. The molecule has 2 aliphatic rings. The highest BCUT2D eigenvalue weighted by molar-refractivity contribution is 5.64. The topological polar surface area (TPSA) is 78.2 Å². The zero-order chi connectivity index (χ0) is 16.0. The average Bonchev–Trinajstić information content (AvgIpc) is 3.15. The van der Waals surface area contributed by atoms with E-state index in [0.717, 1.165) is 43.9 Å². The molecule has 0 radical (unpaired) electrons. The largest absolute Gasteiger partial charge is 0.370 e. The van der Waals surface area contributed by atoms with Crippen molar-refractivity contribution in [2.24, 2.45) is 5.73 Å². The number of hydrogen-bond donors (Lipinski definition) is 2. The molecule has 6 heteroatoms. The number of nitrogens with zero attached hydrogens (tertiary/aromatic N) is 3. The monoisotopic (exact) mass is 311 g/mol. The van der Waals surface area contributed by atoms with Gasteiger partial charge in [-0.1, -0.05) is 12.1 Å². The third kappa shape index (κ3) is 2.39. The number of anilines is 2. The standard InChI is InChI=1S/C17H21N5O/c1-11-16(7-19-20-17(11)23)22-8-12-3-2-4-15(14(12)10-22)21-6-5-13(18)9-21/h2-4,7,13H,5-6,8-10,18H2,1H3,(H,20,23). The minimum absolute atomic E-state index is 0.121. The van der Waals surface area contributed by atoms with Gasteiger partial charge in [0.05, 0.1) is 11.9 Å². The number of rotatable bonds is 2. The normalized spacial score (nSPS) is 20.2. The first-order valence-corrected chi connectivity index (χ1v) is 8.04. The van der Waals surface area contributed by atoms with E-state index in [0.29, 0.717) is 0 Å². The highest BCUT2D eigenvalue weighted by Crippen LogP contribution is 2.35. The van der Waals surface area contributed by atoms with Crippen LogP contribution >= 0.6 is 0 Å². The fraction of sp³-hybridized carbons (Fsp3) is 0.412. The molecule has 0 spiro atoms. The lowest BCUT2D eigenvalue weighted by Crippen LogP contribution is -2.27. The molecular formula is C17H21N5O. The first-order chi connectivity index (χ1) is 11.1. The Labute approximate surface area is 134 Å². The second-order valence-corrected chi connectivity index (χ2v) is 6.48. The van der Waals surface area contributed by atoms with Crippen molar-refractivity contribution in [2.45, 2.75) is 32.5 Å². The molecule has 1 unspecified atom stereocenters. The van der Waals surface area contributed by atoms with Gasteiger partial charge in [0.25, 0.3) is 5.56 Å². The minimum Gasteiger partial charge on any atom is -0.370 e. The lowest BCUT2D eigenvalue weighted by Gasteiger charge is -2.22. The predicted molar refractivity (Wildman–Crippen MR) is 90.7 cm³/mol. The first kappa shape index (κ1) is 14.3. The molecule has 3 N–H and O–H groups in total. The number of benzene rings is 1. The number of aromatic nitrogens is 2. The summed E-state index contributed by atoms with van der Waals surface area (Å²) in [5.74, 6) is 0. The Kier molecular flexibility index (Phi) is 3.34. The molecule has 1 aromatic carbocycles. The van der Waals surface area contributed by atoms with Gasteiger partial charge < -0.3 is 15.5 Å². The van der Waals surface area contributed by atoms with E-state index in [-0.39, 0.29) is 11.6 Å². The van der Waals surface area contributed by atoms with Crippen LogP contribution in [0.5, 0.6) is 0 Å². The molecule has 2 aromatic rings. The molecule has 1 saturated heterocycles. The van der Waals surface area contributed by atoms with Crippen LogP contribution in [0.4, 0.5) is 11.4 Å². The number of hydrogen-bond acceptors (Lipinski definition) is 5. The maximum Gasteiger partial charge on any atom is 0.269 e. The summed E-state index contributed by atoms with van der Waals surface area (Å²) in [6.45, 7) is 5.41. The number of H-pyrrole nitrogens is 1. The van der Waals surface area contributed by atoms with E-state index in [1.54, 1.807) is 6.20 Å². The second kappa shape index (κ2) is 5.38.